The van der Waals surface area contributed by atoms with Crippen molar-refractivity contribution in [1.29, 1.82) is 0 Å². The third-order valence-electron chi connectivity index (χ3n) is 6.24. The number of phenolic OH excluding ortho intramolecular Hbond substituents is 1. The maximum absolute atomic E-state index is 13.4. The second-order valence-corrected chi connectivity index (χ2v) is 12.0. The van der Waals surface area contributed by atoms with Gasteiger partial charge in [-0.3, -0.25) is 9.71 Å². The second-order valence-electron chi connectivity index (χ2n) is 8.86. The highest BCUT2D eigenvalue weighted by Gasteiger charge is 2.20. The van der Waals surface area contributed by atoms with Crippen molar-refractivity contribution in [2.75, 3.05) is 4.72 Å². The molecule has 0 radical (unpaired) electrons. The Morgan fingerprint density at radius 3 is 2.33 bits per heavy atom. The van der Waals surface area contributed by atoms with Gasteiger partial charge in [0.05, 0.1) is 26.0 Å². The van der Waals surface area contributed by atoms with Gasteiger partial charge in [-0.1, -0.05) is 78.0 Å². The molecule has 2 N–H and O–H groups in total. The standard InChI is InChI=1S/C31H21ClN2O4S2/c32-25-11-3-4-12-27(25)38-21-14-16-22(17-15-21)40(36,37)34-26-19-29(31(35)24-10-2-1-9-23(24)26)39-28-13-5-7-20-8-6-18-33-30(20)28/h1-19,34-35H. The highest BCUT2D eigenvalue weighted by molar-refractivity contribution is 7.99. The van der Waals surface area contributed by atoms with E-state index in [1.807, 2.05) is 30.3 Å². The van der Waals surface area contributed by atoms with Crippen LogP contribution in [0, 0.1) is 0 Å². The van der Waals surface area contributed by atoms with Gasteiger partial charge < -0.3 is 9.84 Å². The number of benzene rings is 5. The molecule has 0 aliphatic heterocycles. The summed E-state index contributed by atoms with van der Waals surface area (Å²) < 4.78 is 35.4. The SMILES string of the molecule is O=S(=O)(Nc1cc(Sc2cccc3cccnc23)c(O)c2ccccc12)c1ccc(Oc2ccccc2Cl)cc1. The number of halogens is 1. The zero-order valence-electron chi connectivity index (χ0n) is 20.8. The third kappa shape index (κ3) is 5.16. The fourth-order valence-electron chi connectivity index (χ4n) is 4.32. The predicted molar refractivity (Wildman–Crippen MR) is 160 cm³/mol. The molecule has 0 unspecified atom stereocenters. The molecule has 0 atom stereocenters. The van der Waals surface area contributed by atoms with Crippen molar-refractivity contribution in [3.05, 3.63) is 120 Å². The van der Waals surface area contributed by atoms with Crippen molar-refractivity contribution in [3.63, 3.8) is 0 Å². The summed E-state index contributed by atoms with van der Waals surface area (Å²) in [6, 6.07) is 31.5. The quantitative estimate of drug-likeness (QED) is 0.183. The third-order valence-corrected chi connectivity index (χ3v) is 9.01. The van der Waals surface area contributed by atoms with Crippen LogP contribution >= 0.6 is 23.4 Å². The maximum Gasteiger partial charge on any atom is 0.261 e. The molecule has 6 nitrogen and oxygen atoms in total. The average Bonchev–Trinajstić information content (AvgIpc) is 2.97. The zero-order valence-corrected chi connectivity index (χ0v) is 23.2. The summed E-state index contributed by atoms with van der Waals surface area (Å²) in [6.45, 7) is 0. The number of sulfonamides is 1. The van der Waals surface area contributed by atoms with Gasteiger partial charge in [0.15, 0.2) is 0 Å². The number of pyridine rings is 1. The summed E-state index contributed by atoms with van der Waals surface area (Å²) in [6.07, 6.45) is 1.72. The molecule has 0 aliphatic carbocycles. The van der Waals surface area contributed by atoms with Crippen LogP contribution in [0.5, 0.6) is 17.2 Å². The molecule has 0 aliphatic rings. The fourth-order valence-corrected chi connectivity index (χ4v) is 6.60. The van der Waals surface area contributed by atoms with E-state index in [-0.39, 0.29) is 10.6 Å². The van der Waals surface area contributed by atoms with E-state index in [2.05, 4.69) is 9.71 Å². The lowest BCUT2D eigenvalue weighted by molar-refractivity contribution is 0.469. The van der Waals surface area contributed by atoms with Gasteiger partial charge in [0.1, 0.15) is 17.2 Å². The van der Waals surface area contributed by atoms with Gasteiger partial charge in [0.25, 0.3) is 10.0 Å². The monoisotopic (exact) mass is 584 g/mol. The zero-order chi connectivity index (χ0) is 27.7. The number of nitrogens with zero attached hydrogens (tertiary/aromatic N) is 1. The lowest BCUT2D eigenvalue weighted by atomic mass is 10.1. The summed E-state index contributed by atoms with van der Waals surface area (Å²) in [4.78, 5) is 5.89. The summed E-state index contributed by atoms with van der Waals surface area (Å²) in [5, 5.41) is 13.7. The van der Waals surface area contributed by atoms with E-state index in [1.54, 1.807) is 72.9 Å². The van der Waals surface area contributed by atoms with Crippen molar-refractivity contribution in [3.8, 4) is 17.2 Å². The van der Waals surface area contributed by atoms with Crippen LogP contribution in [0.25, 0.3) is 21.7 Å². The van der Waals surface area contributed by atoms with E-state index in [1.165, 1.54) is 23.9 Å². The number of hydrogen-bond acceptors (Lipinski definition) is 6. The van der Waals surface area contributed by atoms with E-state index in [9.17, 15) is 13.5 Å². The first-order chi connectivity index (χ1) is 19.4. The number of ether oxygens (including phenoxy) is 1. The molecule has 0 fully saturated rings. The van der Waals surface area contributed by atoms with Crippen molar-refractivity contribution >= 4 is 60.7 Å². The van der Waals surface area contributed by atoms with Gasteiger partial charge in [-0.2, -0.15) is 0 Å². The van der Waals surface area contributed by atoms with Crippen LogP contribution in [0.15, 0.2) is 130 Å². The van der Waals surface area contributed by atoms with Gasteiger partial charge >= 0.3 is 0 Å². The average molecular weight is 585 g/mol. The molecule has 6 rings (SSSR count). The number of anilines is 1. The maximum atomic E-state index is 13.4. The lowest BCUT2D eigenvalue weighted by Gasteiger charge is -2.15. The molecule has 40 heavy (non-hydrogen) atoms. The first-order valence-corrected chi connectivity index (χ1v) is 14.9. The summed E-state index contributed by atoms with van der Waals surface area (Å²) in [5.74, 6) is 0.988. The largest absolute Gasteiger partial charge is 0.506 e. The number of nitrogens with one attached hydrogen (secondary N) is 1. The number of rotatable bonds is 7. The molecular formula is C31H21ClN2O4S2. The number of phenols is 1. The first kappa shape index (κ1) is 26.0. The van der Waals surface area contributed by atoms with Crippen LogP contribution in [-0.4, -0.2) is 18.5 Å². The van der Waals surface area contributed by atoms with Crippen molar-refractivity contribution in [1.82, 2.24) is 4.98 Å². The topological polar surface area (TPSA) is 88.5 Å². The van der Waals surface area contributed by atoms with Gasteiger partial charge in [-0.15, -0.1) is 0 Å². The minimum Gasteiger partial charge on any atom is -0.506 e. The van der Waals surface area contributed by atoms with Gasteiger partial charge in [0.2, 0.25) is 0 Å². The molecule has 1 heterocycles. The molecule has 0 amide bonds. The Balaban J connectivity index is 1.34. The second kappa shape index (κ2) is 10.7. The number of aromatic nitrogens is 1. The minimum absolute atomic E-state index is 0.0589. The van der Waals surface area contributed by atoms with Crippen LogP contribution in [0.2, 0.25) is 5.02 Å². The molecule has 0 saturated carbocycles. The number of fused-ring (bicyclic) bond motifs is 2. The molecule has 0 saturated heterocycles. The number of aromatic hydroxyl groups is 1. The van der Waals surface area contributed by atoms with Crippen LogP contribution in [0.4, 0.5) is 5.69 Å². The molecule has 0 spiro atoms. The van der Waals surface area contributed by atoms with Crippen LogP contribution in [0.3, 0.4) is 0 Å². The van der Waals surface area contributed by atoms with Crippen molar-refractivity contribution in [2.24, 2.45) is 0 Å². The molecule has 9 heteroatoms. The molecule has 6 aromatic rings. The Kier molecular flexibility index (Phi) is 6.98. The van der Waals surface area contributed by atoms with Crippen LogP contribution in [0.1, 0.15) is 0 Å². The van der Waals surface area contributed by atoms with Crippen molar-refractivity contribution < 1.29 is 18.3 Å². The van der Waals surface area contributed by atoms with E-state index in [0.29, 0.717) is 37.9 Å². The highest BCUT2D eigenvalue weighted by Crippen LogP contribution is 2.44. The minimum atomic E-state index is -3.97. The normalized spacial score (nSPS) is 11.5. The Labute approximate surface area is 240 Å². The van der Waals surface area contributed by atoms with E-state index < -0.39 is 10.0 Å². The van der Waals surface area contributed by atoms with Gasteiger partial charge in [0, 0.05) is 27.3 Å². The summed E-state index contributed by atoms with van der Waals surface area (Å²) >= 11 is 7.49. The number of hydrogen-bond donors (Lipinski definition) is 2. The molecule has 5 aromatic carbocycles. The van der Waals surface area contributed by atoms with Crippen LogP contribution < -0.4 is 9.46 Å². The summed E-state index contributed by atoms with van der Waals surface area (Å²) in [5.41, 5.74) is 1.14. The Morgan fingerprint density at radius 2 is 1.52 bits per heavy atom. The molecule has 1 aromatic heterocycles. The van der Waals surface area contributed by atoms with Crippen molar-refractivity contribution in [2.45, 2.75) is 14.7 Å². The number of para-hydroxylation sites is 2. The Hall–Kier alpha value is -4.24. The Bertz CT molecular complexity index is 1980. The predicted octanol–water partition coefficient (Wildman–Crippen LogP) is 8.49. The smallest absolute Gasteiger partial charge is 0.261 e. The Morgan fingerprint density at radius 1 is 0.800 bits per heavy atom. The molecular weight excluding hydrogens is 564 g/mol. The first-order valence-electron chi connectivity index (χ1n) is 12.2. The summed E-state index contributed by atoms with van der Waals surface area (Å²) in [7, 11) is -3.97. The molecule has 198 valence electrons. The van der Waals surface area contributed by atoms with Crippen LogP contribution in [-0.2, 0) is 10.0 Å². The van der Waals surface area contributed by atoms with E-state index in [0.717, 1.165) is 15.8 Å². The molecule has 0 bridgehead atoms. The highest BCUT2D eigenvalue weighted by atomic mass is 35.5. The fraction of sp³-hybridized carbons (Fsp3) is 0. The van der Waals surface area contributed by atoms with Gasteiger partial charge in [-0.05, 0) is 54.6 Å². The lowest BCUT2D eigenvalue weighted by Crippen LogP contribution is -2.13. The van der Waals surface area contributed by atoms with E-state index in [4.69, 9.17) is 16.3 Å². The van der Waals surface area contributed by atoms with E-state index >= 15 is 0 Å². The van der Waals surface area contributed by atoms with Gasteiger partial charge in [-0.25, -0.2) is 8.42 Å².